The zero-order chi connectivity index (χ0) is 18.0. The first-order valence-electron chi connectivity index (χ1n) is 7.70. The standard InChI is InChI=1S/C18H15BrCl3N3/c1-2-14-16(10-23-22)24-25(17-8-7-13(20)9-15(17)21)18(14)11-3-5-12(19)6-4-11/h3-9,23H,2,10H2,1H3. The molecule has 0 atom stereocenters. The molecule has 0 radical (unpaired) electrons. The largest absolute Gasteiger partial charge is 0.231 e. The van der Waals surface area contributed by atoms with Crippen LogP contribution >= 0.6 is 50.9 Å². The van der Waals surface area contributed by atoms with Gasteiger partial charge in [0, 0.05) is 20.6 Å². The van der Waals surface area contributed by atoms with Crippen molar-refractivity contribution in [2.24, 2.45) is 0 Å². The molecule has 1 aromatic heterocycles. The third-order valence-corrected chi connectivity index (χ3v) is 5.11. The summed E-state index contributed by atoms with van der Waals surface area (Å²) in [4.78, 5) is 2.67. The summed E-state index contributed by atoms with van der Waals surface area (Å²) in [5.41, 5.74) is 4.85. The van der Waals surface area contributed by atoms with Gasteiger partial charge in [0.25, 0.3) is 0 Å². The molecule has 0 saturated heterocycles. The van der Waals surface area contributed by atoms with Crippen LogP contribution in [-0.2, 0) is 13.0 Å². The van der Waals surface area contributed by atoms with Gasteiger partial charge in [-0.1, -0.05) is 58.2 Å². The van der Waals surface area contributed by atoms with E-state index in [4.69, 9.17) is 40.1 Å². The maximum atomic E-state index is 6.44. The second-order valence-corrected chi connectivity index (χ2v) is 7.48. The zero-order valence-corrected chi connectivity index (χ0v) is 17.2. The lowest BCUT2D eigenvalue weighted by Crippen LogP contribution is -2.03. The Morgan fingerprint density at radius 3 is 2.44 bits per heavy atom. The lowest BCUT2D eigenvalue weighted by atomic mass is 10.0. The molecule has 0 saturated carbocycles. The molecule has 0 bridgehead atoms. The van der Waals surface area contributed by atoms with Gasteiger partial charge < -0.3 is 0 Å². The van der Waals surface area contributed by atoms with Crippen LogP contribution in [0, 0.1) is 0 Å². The Labute approximate surface area is 170 Å². The minimum atomic E-state index is 0.465. The predicted octanol–water partition coefficient (Wildman–Crippen LogP) is 6.41. The summed E-state index contributed by atoms with van der Waals surface area (Å²) in [5, 5.41) is 5.89. The molecular formula is C18H15BrCl3N3. The van der Waals surface area contributed by atoms with Crippen LogP contribution in [0.2, 0.25) is 10.0 Å². The molecule has 3 rings (SSSR count). The second kappa shape index (κ2) is 8.11. The summed E-state index contributed by atoms with van der Waals surface area (Å²) in [6.07, 6.45) is 0.824. The van der Waals surface area contributed by atoms with Crippen molar-refractivity contribution in [2.75, 3.05) is 0 Å². The highest BCUT2D eigenvalue weighted by molar-refractivity contribution is 9.10. The smallest absolute Gasteiger partial charge is 0.0840 e. The molecule has 0 aliphatic carbocycles. The van der Waals surface area contributed by atoms with Crippen molar-refractivity contribution in [1.29, 1.82) is 0 Å². The highest BCUT2D eigenvalue weighted by atomic mass is 79.9. The molecule has 0 aliphatic heterocycles. The van der Waals surface area contributed by atoms with Gasteiger partial charge >= 0.3 is 0 Å². The summed E-state index contributed by atoms with van der Waals surface area (Å²) >= 11 is 21.7. The van der Waals surface area contributed by atoms with Crippen LogP contribution < -0.4 is 4.84 Å². The molecule has 130 valence electrons. The Bertz CT molecular complexity index is 891. The van der Waals surface area contributed by atoms with Crippen LogP contribution in [0.1, 0.15) is 18.2 Å². The SMILES string of the molecule is CCc1c(CNCl)nn(-c2ccc(Cl)cc2Cl)c1-c1ccc(Br)cc1. The van der Waals surface area contributed by atoms with E-state index < -0.39 is 0 Å². The van der Waals surface area contributed by atoms with E-state index >= 15 is 0 Å². The third-order valence-electron chi connectivity index (χ3n) is 3.91. The van der Waals surface area contributed by atoms with E-state index in [1.807, 2.05) is 22.9 Å². The molecule has 0 aliphatic rings. The minimum Gasteiger partial charge on any atom is -0.231 e. The molecule has 1 heterocycles. The van der Waals surface area contributed by atoms with Gasteiger partial charge in [0.2, 0.25) is 0 Å². The van der Waals surface area contributed by atoms with Gasteiger partial charge in [-0.3, -0.25) is 0 Å². The fraction of sp³-hybridized carbons (Fsp3) is 0.167. The van der Waals surface area contributed by atoms with Gasteiger partial charge in [-0.15, -0.1) is 0 Å². The van der Waals surface area contributed by atoms with Gasteiger partial charge in [0.15, 0.2) is 0 Å². The van der Waals surface area contributed by atoms with Crippen molar-refractivity contribution in [1.82, 2.24) is 14.6 Å². The minimum absolute atomic E-state index is 0.465. The molecular weight excluding hydrogens is 444 g/mol. The van der Waals surface area contributed by atoms with E-state index in [9.17, 15) is 0 Å². The third kappa shape index (κ3) is 3.88. The van der Waals surface area contributed by atoms with Crippen LogP contribution in [0.5, 0.6) is 0 Å². The number of aromatic nitrogens is 2. The summed E-state index contributed by atoms with van der Waals surface area (Å²) in [6.45, 7) is 2.57. The molecule has 0 amide bonds. The van der Waals surface area contributed by atoms with Crippen molar-refractivity contribution < 1.29 is 0 Å². The van der Waals surface area contributed by atoms with Crippen molar-refractivity contribution in [3.05, 3.63) is 68.2 Å². The van der Waals surface area contributed by atoms with Crippen molar-refractivity contribution in [3.63, 3.8) is 0 Å². The quantitative estimate of drug-likeness (QED) is 0.447. The lowest BCUT2D eigenvalue weighted by molar-refractivity contribution is 0.814. The Kier molecular flexibility index (Phi) is 6.08. The van der Waals surface area contributed by atoms with Gasteiger partial charge in [-0.05, 0) is 48.5 Å². The summed E-state index contributed by atoms with van der Waals surface area (Å²) in [5.74, 6) is 0. The first kappa shape index (κ1) is 18.7. The van der Waals surface area contributed by atoms with Crippen molar-refractivity contribution in [2.45, 2.75) is 19.9 Å². The molecule has 3 aromatic rings. The molecule has 0 spiro atoms. The molecule has 0 fully saturated rings. The van der Waals surface area contributed by atoms with Crippen molar-refractivity contribution in [3.8, 4) is 16.9 Å². The first-order chi connectivity index (χ1) is 12.0. The summed E-state index contributed by atoms with van der Waals surface area (Å²) in [7, 11) is 0. The lowest BCUT2D eigenvalue weighted by Gasteiger charge is -2.11. The number of nitrogens with zero attached hydrogens (tertiary/aromatic N) is 2. The maximum absolute atomic E-state index is 6.44. The summed E-state index contributed by atoms with van der Waals surface area (Å²) in [6, 6.07) is 13.5. The number of halogens is 4. The van der Waals surface area contributed by atoms with Gasteiger partial charge in [0.1, 0.15) is 0 Å². The normalized spacial score (nSPS) is 11.1. The van der Waals surface area contributed by atoms with E-state index in [-0.39, 0.29) is 0 Å². The second-order valence-electron chi connectivity index (χ2n) is 5.45. The molecule has 2 aromatic carbocycles. The van der Waals surface area contributed by atoms with E-state index in [0.717, 1.165) is 39.1 Å². The van der Waals surface area contributed by atoms with Gasteiger partial charge in [-0.25, -0.2) is 9.52 Å². The summed E-state index contributed by atoms with van der Waals surface area (Å²) < 4.78 is 2.89. The number of nitrogens with one attached hydrogen (secondary N) is 1. The maximum Gasteiger partial charge on any atom is 0.0840 e. The fourth-order valence-electron chi connectivity index (χ4n) is 2.80. The van der Waals surface area contributed by atoms with E-state index in [1.54, 1.807) is 12.1 Å². The Hall–Kier alpha value is -1.04. The molecule has 1 N–H and O–H groups in total. The Morgan fingerprint density at radius 2 is 1.84 bits per heavy atom. The van der Waals surface area contributed by atoms with E-state index in [2.05, 4.69) is 39.8 Å². The monoisotopic (exact) mass is 457 g/mol. The van der Waals surface area contributed by atoms with Crippen LogP contribution in [0.3, 0.4) is 0 Å². The van der Waals surface area contributed by atoms with Crippen molar-refractivity contribution >= 4 is 50.9 Å². The number of hydrogen-bond acceptors (Lipinski definition) is 2. The zero-order valence-electron chi connectivity index (χ0n) is 13.4. The average molecular weight is 460 g/mol. The number of rotatable bonds is 5. The van der Waals surface area contributed by atoms with Gasteiger partial charge in [-0.2, -0.15) is 5.10 Å². The molecule has 3 nitrogen and oxygen atoms in total. The average Bonchev–Trinajstić information content (AvgIpc) is 2.94. The van der Waals surface area contributed by atoms with Gasteiger partial charge in [0.05, 0.1) is 28.6 Å². The van der Waals surface area contributed by atoms with Crippen LogP contribution in [0.4, 0.5) is 0 Å². The van der Waals surface area contributed by atoms with Crippen LogP contribution in [0.25, 0.3) is 16.9 Å². The predicted molar refractivity (Wildman–Crippen MR) is 109 cm³/mol. The number of hydrogen-bond donors (Lipinski definition) is 1. The fourth-order valence-corrected chi connectivity index (χ4v) is 3.68. The van der Waals surface area contributed by atoms with E-state index in [1.165, 1.54) is 0 Å². The topological polar surface area (TPSA) is 29.9 Å². The molecule has 0 unspecified atom stereocenters. The van der Waals surface area contributed by atoms with E-state index in [0.29, 0.717) is 16.6 Å². The highest BCUT2D eigenvalue weighted by Gasteiger charge is 2.20. The van der Waals surface area contributed by atoms with Crippen LogP contribution in [-0.4, -0.2) is 9.78 Å². The Morgan fingerprint density at radius 1 is 1.12 bits per heavy atom. The van der Waals surface area contributed by atoms with Crippen LogP contribution in [0.15, 0.2) is 46.9 Å². The first-order valence-corrected chi connectivity index (χ1v) is 9.63. The molecule has 25 heavy (non-hydrogen) atoms. The number of benzene rings is 2. The highest BCUT2D eigenvalue weighted by Crippen LogP contribution is 2.33. The molecule has 7 heteroatoms. The Balaban J connectivity index is 2.27.